The smallest absolute Gasteiger partial charge is 0.240 e. The molecule has 1 amide bonds. The maximum absolute atomic E-state index is 11.0. The molecule has 4 nitrogen and oxygen atoms in total. The molecule has 0 aromatic carbocycles. The topological polar surface area (TPSA) is 46.4 Å². The number of hydrogen-bond donors (Lipinski definition) is 1. The highest BCUT2D eigenvalue weighted by Gasteiger charge is 2.14. The van der Waals surface area contributed by atoms with Crippen LogP contribution in [0.5, 0.6) is 0 Å². The van der Waals surface area contributed by atoms with Gasteiger partial charge in [0.05, 0.1) is 17.1 Å². The monoisotopic (exact) mass is 259 g/mol. The van der Waals surface area contributed by atoms with Crippen molar-refractivity contribution in [3.8, 4) is 0 Å². The molecule has 3 heterocycles. The van der Waals surface area contributed by atoms with Crippen LogP contribution in [0.1, 0.15) is 22.6 Å². The summed E-state index contributed by atoms with van der Waals surface area (Å²) in [6, 6.07) is 8.25. The second-order valence-electron chi connectivity index (χ2n) is 4.21. The van der Waals surface area contributed by atoms with E-state index in [4.69, 9.17) is 0 Å². The minimum absolute atomic E-state index is 0.00266. The van der Waals surface area contributed by atoms with Crippen LogP contribution in [0.2, 0.25) is 0 Å². The van der Waals surface area contributed by atoms with Crippen LogP contribution in [-0.2, 0) is 11.3 Å². The first-order valence-electron chi connectivity index (χ1n) is 5.86. The Hall–Kier alpha value is -1.88. The van der Waals surface area contributed by atoms with Crippen LogP contribution in [-0.4, -0.2) is 16.2 Å². The molecule has 3 rings (SSSR count). The predicted octanol–water partition coefficient (Wildman–Crippen LogP) is 2.21. The van der Waals surface area contributed by atoms with E-state index in [-0.39, 0.29) is 5.91 Å². The Balaban J connectivity index is 1.75. The van der Waals surface area contributed by atoms with Gasteiger partial charge in [0.15, 0.2) is 0 Å². The van der Waals surface area contributed by atoms with Crippen molar-refractivity contribution in [3.63, 3.8) is 0 Å². The summed E-state index contributed by atoms with van der Waals surface area (Å²) in [5, 5.41) is 4.11. The molecule has 1 aliphatic heterocycles. The Morgan fingerprint density at radius 3 is 2.83 bits per heavy atom. The number of carbonyl (C=O) groups is 1. The van der Waals surface area contributed by atoms with Crippen molar-refractivity contribution in [3.05, 3.63) is 46.4 Å². The fourth-order valence-electron chi connectivity index (χ4n) is 1.93. The summed E-state index contributed by atoms with van der Waals surface area (Å²) in [5.74, 6) is 0.00266. The van der Waals surface area contributed by atoms with Crippen molar-refractivity contribution in [2.75, 3.05) is 0 Å². The molecule has 0 fully saturated rings. The fraction of sp³-hybridized carbons (Fsp3) is 0.231. The van der Waals surface area contributed by atoms with Gasteiger partial charge in [-0.1, -0.05) is 0 Å². The molecule has 0 radical (unpaired) electrons. The summed E-state index contributed by atoms with van der Waals surface area (Å²) in [6.45, 7) is 0.886. The third-order valence-electron chi connectivity index (χ3n) is 2.86. The van der Waals surface area contributed by atoms with Gasteiger partial charge in [0, 0.05) is 30.1 Å². The highest BCUT2D eigenvalue weighted by Crippen LogP contribution is 2.21. The lowest BCUT2D eigenvalue weighted by Crippen LogP contribution is -2.25. The van der Waals surface area contributed by atoms with E-state index in [1.807, 2.05) is 12.1 Å². The zero-order valence-corrected chi connectivity index (χ0v) is 10.6. The summed E-state index contributed by atoms with van der Waals surface area (Å²) in [7, 11) is 0. The SMILES string of the molecule is O=C1CCC(c2ccc(Cn3cccc3)s2)=NN1. The van der Waals surface area contributed by atoms with Crippen LogP contribution < -0.4 is 5.43 Å². The Morgan fingerprint density at radius 2 is 2.11 bits per heavy atom. The largest absolute Gasteiger partial charge is 0.349 e. The second-order valence-corrected chi connectivity index (χ2v) is 5.38. The Morgan fingerprint density at radius 1 is 1.28 bits per heavy atom. The molecule has 0 aliphatic carbocycles. The van der Waals surface area contributed by atoms with Crippen LogP contribution in [0, 0.1) is 0 Å². The van der Waals surface area contributed by atoms with E-state index in [1.54, 1.807) is 11.3 Å². The van der Waals surface area contributed by atoms with Crippen molar-refractivity contribution in [1.82, 2.24) is 9.99 Å². The number of nitrogens with zero attached hydrogens (tertiary/aromatic N) is 2. The van der Waals surface area contributed by atoms with Crippen molar-refractivity contribution in [1.29, 1.82) is 0 Å². The molecule has 1 aliphatic rings. The molecule has 18 heavy (non-hydrogen) atoms. The third-order valence-corrected chi connectivity index (χ3v) is 3.97. The third kappa shape index (κ3) is 2.36. The minimum Gasteiger partial charge on any atom is -0.349 e. The molecule has 0 saturated carbocycles. The van der Waals surface area contributed by atoms with E-state index in [9.17, 15) is 4.79 Å². The van der Waals surface area contributed by atoms with E-state index in [0.717, 1.165) is 23.6 Å². The van der Waals surface area contributed by atoms with E-state index >= 15 is 0 Å². The predicted molar refractivity (Wildman–Crippen MR) is 71.8 cm³/mol. The van der Waals surface area contributed by atoms with Gasteiger partial charge >= 0.3 is 0 Å². The summed E-state index contributed by atoms with van der Waals surface area (Å²) in [5.41, 5.74) is 3.52. The van der Waals surface area contributed by atoms with E-state index in [0.29, 0.717) is 6.42 Å². The van der Waals surface area contributed by atoms with Gasteiger partial charge in [0.25, 0.3) is 0 Å². The summed E-state index contributed by atoms with van der Waals surface area (Å²) in [4.78, 5) is 13.5. The first kappa shape index (κ1) is 11.2. The van der Waals surface area contributed by atoms with E-state index in [2.05, 4.69) is 39.6 Å². The molecular formula is C13H13N3OS. The molecule has 0 saturated heterocycles. The fourth-order valence-corrected chi connectivity index (χ4v) is 2.96. The number of carbonyl (C=O) groups excluding carboxylic acids is 1. The number of nitrogens with one attached hydrogen (secondary N) is 1. The average molecular weight is 259 g/mol. The van der Waals surface area contributed by atoms with Crippen molar-refractivity contribution < 1.29 is 4.79 Å². The number of rotatable bonds is 3. The Kier molecular flexibility index (Phi) is 2.98. The van der Waals surface area contributed by atoms with Gasteiger partial charge in [0.2, 0.25) is 5.91 Å². The van der Waals surface area contributed by atoms with Crippen LogP contribution >= 0.6 is 11.3 Å². The number of thiophene rings is 1. The van der Waals surface area contributed by atoms with Crippen LogP contribution in [0.25, 0.3) is 0 Å². The highest BCUT2D eigenvalue weighted by atomic mass is 32.1. The Bertz CT molecular complexity index is 583. The van der Waals surface area contributed by atoms with Crippen molar-refractivity contribution in [2.24, 2.45) is 5.10 Å². The van der Waals surface area contributed by atoms with Gasteiger partial charge in [0.1, 0.15) is 0 Å². The van der Waals surface area contributed by atoms with Crippen molar-refractivity contribution >= 4 is 23.0 Å². The maximum Gasteiger partial charge on any atom is 0.240 e. The molecule has 0 unspecified atom stereocenters. The zero-order valence-electron chi connectivity index (χ0n) is 9.80. The summed E-state index contributed by atoms with van der Waals surface area (Å²) >= 11 is 1.74. The van der Waals surface area contributed by atoms with Gasteiger partial charge in [-0.2, -0.15) is 5.10 Å². The maximum atomic E-state index is 11.0. The molecule has 1 N–H and O–H groups in total. The standard InChI is InChI=1S/C13H13N3OS/c17-13-6-4-11(14-15-13)12-5-3-10(18-12)9-16-7-1-2-8-16/h1-3,5,7-8H,4,6,9H2,(H,15,17). The van der Waals surface area contributed by atoms with E-state index in [1.165, 1.54) is 4.88 Å². The average Bonchev–Trinajstić information content (AvgIpc) is 3.02. The summed E-state index contributed by atoms with van der Waals surface area (Å²) in [6.07, 6.45) is 5.37. The number of hydrogen-bond acceptors (Lipinski definition) is 3. The summed E-state index contributed by atoms with van der Waals surface area (Å²) < 4.78 is 2.14. The number of hydrazone groups is 1. The van der Waals surface area contributed by atoms with Crippen molar-refractivity contribution in [2.45, 2.75) is 19.4 Å². The Labute approximate surface area is 109 Å². The molecular weight excluding hydrogens is 246 g/mol. The molecule has 5 heteroatoms. The first-order valence-corrected chi connectivity index (χ1v) is 6.68. The molecule has 2 aromatic heterocycles. The lowest BCUT2D eigenvalue weighted by molar-refractivity contribution is -0.121. The van der Waals surface area contributed by atoms with Crippen LogP contribution in [0.4, 0.5) is 0 Å². The van der Waals surface area contributed by atoms with Crippen LogP contribution in [0.3, 0.4) is 0 Å². The molecule has 0 bridgehead atoms. The molecule has 92 valence electrons. The first-order chi connectivity index (χ1) is 8.81. The van der Waals surface area contributed by atoms with Gasteiger partial charge in [-0.25, -0.2) is 5.43 Å². The number of aromatic nitrogens is 1. The van der Waals surface area contributed by atoms with Gasteiger partial charge in [-0.3, -0.25) is 4.79 Å². The van der Waals surface area contributed by atoms with Gasteiger partial charge < -0.3 is 4.57 Å². The quantitative estimate of drug-likeness (QED) is 0.902. The normalized spacial score (nSPS) is 15.3. The highest BCUT2D eigenvalue weighted by molar-refractivity contribution is 7.14. The molecule has 0 atom stereocenters. The zero-order chi connectivity index (χ0) is 12.4. The lowest BCUT2D eigenvalue weighted by atomic mass is 10.1. The van der Waals surface area contributed by atoms with Gasteiger partial charge in [-0.15, -0.1) is 11.3 Å². The minimum atomic E-state index is 0.00266. The van der Waals surface area contributed by atoms with E-state index < -0.39 is 0 Å². The van der Waals surface area contributed by atoms with Crippen LogP contribution in [0.15, 0.2) is 41.8 Å². The number of amides is 1. The molecule has 2 aromatic rings. The van der Waals surface area contributed by atoms with Gasteiger partial charge in [-0.05, 0) is 24.3 Å². The molecule has 0 spiro atoms. The second kappa shape index (κ2) is 4.78. The lowest BCUT2D eigenvalue weighted by Gasteiger charge is -2.09.